The number of rotatable bonds is 3. The number of imidazole rings is 1. The number of nitrogens with zero attached hydrogens (tertiary/aromatic N) is 1. The second kappa shape index (κ2) is 11.8. The summed E-state index contributed by atoms with van der Waals surface area (Å²) in [6, 6.07) is 0. The molecule has 92 valence electrons. The average Bonchev–Trinajstić information content (AvgIpc) is 2.77. The number of aromatic nitrogens is 2. The van der Waals surface area contributed by atoms with Gasteiger partial charge in [0.2, 0.25) is 0 Å². The Labute approximate surface area is 101 Å². The molecule has 1 N–H and O–H groups in total. The zero-order valence-electron chi connectivity index (χ0n) is 11.6. The largest absolute Gasteiger partial charge is 0.342 e. The Balaban J connectivity index is 0. The highest BCUT2D eigenvalue weighted by Crippen LogP contribution is 2.09. The van der Waals surface area contributed by atoms with Crippen molar-refractivity contribution in [3.63, 3.8) is 0 Å². The van der Waals surface area contributed by atoms with Gasteiger partial charge in [-0.2, -0.15) is 0 Å². The summed E-state index contributed by atoms with van der Waals surface area (Å²) in [5.74, 6) is 1.01. The van der Waals surface area contributed by atoms with Gasteiger partial charge in [-0.25, -0.2) is 4.98 Å². The third-order valence-electron chi connectivity index (χ3n) is 1.67. The Bertz CT molecular complexity index is 296. The quantitative estimate of drug-likeness (QED) is 0.789. The lowest BCUT2D eigenvalue weighted by molar-refractivity contribution is 0.986. The highest BCUT2D eigenvalue weighted by atomic mass is 14.9. The normalized spacial score (nSPS) is 8.88. The molecule has 0 aliphatic heterocycles. The zero-order chi connectivity index (χ0) is 13.0. The van der Waals surface area contributed by atoms with Gasteiger partial charge in [0, 0.05) is 6.42 Å². The summed E-state index contributed by atoms with van der Waals surface area (Å²) in [4.78, 5) is 7.56. The predicted molar refractivity (Wildman–Crippen MR) is 75.5 cm³/mol. The van der Waals surface area contributed by atoms with Crippen molar-refractivity contribution in [3.8, 4) is 0 Å². The molecular formula is C14H26N2. The molecule has 0 aliphatic rings. The number of allylic oxidation sites excluding steroid dienone is 1. The van der Waals surface area contributed by atoms with Gasteiger partial charge < -0.3 is 4.98 Å². The highest BCUT2D eigenvalue weighted by Gasteiger charge is 2.01. The van der Waals surface area contributed by atoms with Gasteiger partial charge in [-0.05, 0) is 19.1 Å². The first-order chi connectivity index (χ1) is 7.81. The van der Waals surface area contributed by atoms with Crippen LogP contribution < -0.4 is 0 Å². The topological polar surface area (TPSA) is 28.7 Å². The van der Waals surface area contributed by atoms with E-state index in [2.05, 4.69) is 23.5 Å². The SMILES string of the molecule is C=Cc1nc(CC)[nH]c1/C=C\C.CC.CC. The van der Waals surface area contributed by atoms with E-state index in [0.29, 0.717) is 0 Å². The van der Waals surface area contributed by atoms with E-state index >= 15 is 0 Å². The molecule has 0 spiro atoms. The molecule has 1 aromatic rings. The van der Waals surface area contributed by atoms with Crippen LogP contribution in [0.25, 0.3) is 12.2 Å². The van der Waals surface area contributed by atoms with E-state index in [1.165, 1.54) is 0 Å². The third-order valence-corrected chi connectivity index (χ3v) is 1.67. The van der Waals surface area contributed by atoms with Gasteiger partial charge in [0.15, 0.2) is 0 Å². The van der Waals surface area contributed by atoms with Crippen LogP contribution in [0.5, 0.6) is 0 Å². The van der Waals surface area contributed by atoms with Crippen molar-refractivity contribution in [3.05, 3.63) is 29.9 Å². The number of hydrogen-bond acceptors (Lipinski definition) is 1. The van der Waals surface area contributed by atoms with Crippen molar-refractivity contribution in [2.24, 2.45) is 0 Å². The zero-order valence-corrected chi connectivity index (χ0v) is 11.6. The molecular weight excluding hydrogens is 196 g/mol. The number of nitrogens with one attached hydrogen (secondary N) is 1. The molecule has 0 atom stereocenters. The summed E-state index contributed by atoms with van der Waals surface area (Å²) < 4.78 is 0. The van der Waals surface area contributed by atoms with Crippen LogP contribution in [0.4, 0.5) is 0 Å². The molecule has 0 aromatic carbocycles. The minimum Gasteiger partial charge on any atom is -0.342 e. The summed E-state index contributed by atoms with van der Waals surface area (Å²) in [6.45, 7) is 15.8. The second-order valence-electron chi connectivity index (χ2n) is 2.54. The van der Waals surface area contributed by atoms with E-state index in [1.807, 2.05) is 46.8 Å². The Morgan fingerprint density at radius 1 is 1.25 bits per heavy atom. The summed E-state index contributed by atoms with van der Waals surface area (Å²) >= 11 is 0. The first kappa shape index (κ1) is 17.1. The maximum Gasteiger partial charge on any atom is 0.106 e. The lowest BCUT2D eigenvalue weighted by Crippen LogP contribution is -1.80. The van der Waals surface area contributed by atoms with E-state index in [4.69, 9.17) is 0 Å². The third kappa shape index (κ3) is 5.54. The van der Waals surface area contributed by atoms with Crippen molar-refractivity contribution >= 4 is 12.2 Å². The van der Waals surface area contributed by atoms with Crippen LogP contribution in [-0.2, 0) is 6.42 Å². The Hall–Kier alpha value is -1.31. The Morgan fingerprint density at radius 3 is 2.19 bits per heavy atom. The first-order valence-electron chi connectivity index (χ1n) is 6.15. The maximum atomic E-state index is 4.34. The molecule has 0 bridgehead atoms. The van der Waals surface area contributed by atoms with E-state index in [1.54, 1.807) is 6.08 Å². The molecule has 1 heterocycles. The van der Waals surface area contributed by atoms with Crippen LogP contribution in [0.3, 0.4) is 0 Å². The fraction of sp³-hybridized carbons (Fsp3) is 0.500. The van der Waals surface area contributed by atoms with Gasteiger partial charge in [-0.15, -0.1) is 0 Å². The predicted octanol–water partition coefficient (Wildman–Crippen LogP) is 4.70. The maximum absolute atomic E-state index is 4.34. The van der Waals surface area contributed by atoms with Crippen LogP contribution in [-0.4, -0.2) is 9.97 Å². The van der Waals surface area contributed by atoms with Crippen molar-refractivity contribution in [2.75, 3.05) is 0 Å². The monoisotopic (exact) mass is 222 g/mol. The lowest BCUT2D eigenvalue weighted by atomic mass is 10.3. The van der Waals surface area contributed by atoms with E-state index in [-0.39, 0.29) is 0 Å². The van der Waals surface area contributed by atoms with Crippen molar-refractivity contribution < 1.29 is 0 Å². The molecule has 0 saturated heterocycles. The van der Waals surface area contributed by atoms with Crippen LogP contribution in [0.2, 0.25) is 0 Å². The van der Waals surface area contributed by atoms with Crippen molar-refractivity contribution in [1.82, 2.24) is 9.97 Å². The number of aromatic amines is 1. The van der Waals surface area contributed by atoms with Gasteiger partial charge in [-0.1, -0.05) is 47.3 Å². The van der Waals surface area contributed by atoms with Gasteiger partial charge in [0.05, 0.1) is 11.4 Å². The smallest absolute Gasteiger partial charge is 0.106 e. The highest BCUT2D eigenvalue weighted by molar-refractivity contribution is 5.58. The molecule has 0 radical (unpaired) electrons. The first-order valence-corrected chi connectivity index (χ1v) is 6.15. The number of aryl methyl sites for hydroxylation is 1. The second-order valence-corrected chi connectivity index (χ2v) is 2.54. The molecule has 16 heavy (non-hydrogen) atoms. The molecule has 0 fully saturated rings. The number of H-pyrrole nitrogens is 1. The molecule has 1 rings (SSSR count). The molecule has 2 nitrogen and oxygen atoms in total. The van der Waals surface area contributed by atoms with E-state index in [9.17, 15) is 0 Å². The Kier molecular flexibility index (Phi) is 12.6. The molecule has 1 aromatic heterocycles. The standard InChI is InChI=1S/C10H14N2.2C2H6/c1-4-7-9-8(5-2)11-10(6-3)12-9;2*1-2/h4-5,7H,2,6H2,1,3H3,(H,11,12);2*1-2H3/b7-4-;;. The molecule has 0 saturated carbocycles. The summed E-state index contributed by atoms with van der Waals surface area (Å²) in [6.07, 6.45) is 6.69. The van der Waals surface area contributed by atoms with Crippen molar-refractivity contribution in [1.29, 1.82) is 0 Å². The molecule has 0 aliphatic carbocycles. The Morgan fingerprint density at radius 2 is 1.81 bits per heavy atom. The van der Waals surface area contributed by atoms with Crippen molar-refractivity contribution in [2.45, 2.75) is 48.0 Å². The summed E-state index contributed by atoms with van der Waals surface area (Å²) in [5.41, 5.74) is 1.98. The minimum atomic E-state index is 0.929. The summed E-state index contributed by atoms with van der Waals surface area (Å²) in [7, 11) is 0. The molecule has 2 heteroatoms. The van der Waals surface area contributed by atoms with Crippen LogP contribution in [0, 0.1) is 0 Å². The molecule has 0 amide bonds. The van der Waals surface area contributed by atoms with Gasteiger partial charge in [0.1, 0.15) is 5.82 Å². The van der Waals surface area contributed by atoms with Crippen LogP contribution in [0.1, 0.15) is 58.8 Å². The fourth-order valence-electron chi connectivity index (χ4n) is 1.07. The number of hydrogen-bond donors (Lipinski definition) is 1. The van der Waals surface area contributed by atoms with Gasteiger partial charge in [-0.3, -0.25) is 0 Å². The summed E-state index contributed by atoms with van der Waals surface area (Å²) in [5, 5.41) is 0. The fourth-order valence-corrected chi connectivity index (χ4v) is 1.07. The van der Waals surface area contributed by atoms with Gasteiger partial charge in [0.25, 0.3) is 0 Å². The van der Waals surface area contributed by atoms with E-state index in [0.717, 1.165) is 23.6 Å². The lowest BCUT2D eigenvalue weighted by Gasteiger charge is -1.86. The van der Waals surface area contributed by atoms with E-state index < -0.39 is 0 Å². The average molecular weight is 222 g/mol. The molecule has 0 unspecified atom stereocenters. The van der Waals surface area contributed by atoms with Crippen LogP contribution >= 0.6 is 0 Å². The minimum absolute atomic E-state index is 0.929. The van der Waals surface area contributed by atoms with Gasteiger partial charge >= 0.3 is 0 Å². The van der Waals surface area contributed by atoms with Crippen LogP contribution in [0.15, 0.2) is 12.7 Å².